The smallest absolute Gasteiger partial charge is 0.330 e. The van der Waals surface area contributed by atoms with E-state index in [1.807, 2.05) is 0 Å². The first-order valence-electron chi connectivity index (χ1n) is 5.65. The van der Waals surface area contributed by atoms with E-state index in [2.05, 4.69) is 5.10 Å². The molecule has 98 valence electrons. The number of hydrogen-bond acceptors (Lipinski definition) is 5. The minimum absolute atomic E-state index is 0.0359. The summed E-state index contributed by atoms with van der Waals surface area (Å²) in [6, 6.07) is 0. The summed E-state index contributed by atoms with van der Waals surface area (Å²) in [5.74, 6) is -0.833. The van der Waals surface area contributed by atoms with E-state index in [-0.39, 0.29) is 11.6 Å². The third-order valence-corrected chi connectivity index (χ3v) is 3.13. The maximum atomic E-state index is 10.9. The molecule has 2 heterocycles. The van der Waals surface area contributed by atoms with Crippen molar-refractivity contribution in [2.24, 2.45) is 13.0 Å². The first-order chi connectivity index (χ1) is 8.49. The molecule has 1 aliphatic rings. The summed E-state index contributed by atoms with van der Waals surface area (Å²) in [5, 5.41) is 23.9. The van der Waals surface area contributed by atoms with Gasteiger partial charge in [-0.15, -0.1) is 5.10 Å². The van der Waals surface area contributed by atoms with Crippen LogP contribution in [0.4, 0.5) is 11.5 Å². The van der Waals surface area contributed by atoms with Crippen molar-refractivity contribution in [1.29, 1.82) is 0 Å². The molecule has 2 rings (SSSR count). The first-order valence-corrected chi connectivity index (χ1v) is 5.65. The standard InChI is InChI=1S/C10H14N4O4/c1-12-6-8(14(17)18)9(11-12)13-4-2-7(3-5-13)10(15)16/h6-7H,2-5H2,1H3,(H,15,16). The molecular weight excluding hydrogens is 240 g/mol. The zero-order valence-electron chi connectivity index (χ0n) is 9.94. The molecule has 1 aromatic heterocycles. The second kappa shape index (κ2) is 4.63. The van der Waals surface area contributed by atoms with Crippen LogP contribution < -0.4 is 4.90 Å². The Labute approximate surface area is 103 Å². The summed E-state index contributed by atoms with van der Waals surface area (Å²) in [5.41, 5.74) is -0.0359. The van der Waals surface area contributed by atoms with Crippen LogP contribution in [0, 0.1) is 16.0 Å². The van der Waals surface area contributed by atoms with Gasteiger partial charge in [-0.1, -0.05) is 0 Å². The van der Waals surface area contributed by atoms with Crippen molar-refractivity contribution in [2.75, 3.05) is 18.0 Å². The molecule has 0 amide bonds. The highest BCUT2D eigenvalue weighted by Crippen LogP contribution is 2.29. The van der Waals surface area contributed by atoms with Gasteiger partial charge >= 0.3 is 11.7 Å². The molecule has 1 saturated heterocycles. The van der Waals surface area contributed by atoms with E-state index in [9.17, 15) is 14.9 Å². The molecule has 0 aliphatic carbocycles. The lowest BCUT2D eigenvalue weighted by molar-refractivity contribution is -0.384. The Morgan fingerprint density at radius 3 is 2.67 bits per heavy atom. The van der Waals surface area contributed by atoms with Crippen LogP contribution in [-0.2, 0) is 11.8 Å². The molecule has 0 aromatic carbocycles. The Balaban J connectivity index is 2.14. The summed E-state index contributed by atoms with van der Waals surface area (Å²) in [6.07, 6.45) is 2.34. The van der Waals surface area contributed by atoms with Crippen LogP contribution in [0.1, 0.15) is 12.8 Å². The molecular formula is C10H14N4O4. The average molecular weight is 254 g/mol. The molecule has 0 spiro atoms. The lowest BCUT2D eigenvalue weighted by Crippen LogP contribution is -2.36. The third kappa shape index (κ3) is 2.27. The summed E-state index contributed by atoms with van der Waals surface area (Å²) < 4.78 is 1.40. The second-order valence-corrected chi connectivity index (χ2v) is 4.37. The van der Waals surface area contributed by atoms with Crippen molar-refractivity contribution < 1.29 is 14.8 Å². The maximum absolute atomic E-state index is 10.9. The second-order valence-electron chi connectivity index (χ2n) is 4.37. The van der Waals surface area contributed by atoms with Gasteiger partial charge in [0, 0.05) is 20.1 Å². The normalized spacial score (nSPS) is 16.8. The maximum Gasteiger partial charge on any atom is 0.330 e. The monoisotopic (exact) mass is 254 g/mol. The van der Waals surface area contributed by atoms with Crippen LogP contribution in [-0.4, -0.2) is 38.9 Å². The number of nitrogens with zero attached hydrogens (tertiary/aromatic N) is 4. The van der Waals surface area contributed by atoms with Gasteiger partial charge in [-0.25, -0.2) is 0 Å². The Kier molecular flexibility index (Phi) is 3.17. The molecule has 1 N–H and O–H groups in total. The van der Waals surface area contributed by atoms with Gasteiger partial charge in [-0.3, -0.25) is 19.6 Å². The van der Waals surface area contributed by atoms with Crippen molar-refractivity contribution in [3.63, 3.8) is 0 Å². The molecule has 18 heavy (non-hydrogen) atoms. The van der Waals surface area contributed by atoms with Crippen molar-refractivity contribution in [2.45, 2.75) is 12.8 Å². The van der Waals surface area contributed by atoms with Crippen molar-refractivity contribution in [3.05, 3.63) is 16.3 Å². The zero-order valence-corrected chi connectivity index (χ0v) is 9.94. The van der Waals surface area contributed by atoms with E-state index >= 15 is 0 Å². The number of carbonyl (C=O) groups is 1. The number of aryl methyl sites for hydroxylation is 1. The van der Waals surface area contributed by atoms with E-state index < -0.39 is 10.9 Å². The van der Waals surface area contributed by atoms with Crippen LogP contribution >= 0.6 is 0 Å². The van der Waals surface area contributed by atoms with Gasteiger partial charge < -0.3 is 10.0 Å². The SMILES string of the molecule is Cn1cc([N+](=O)[O-])c(N2CCC(C(=O)O)CC2)n1. The first kappa shape index (κ1) is 12.3. The van der Waals surface area contributed by atoms with E-state index in [4.69, 9.17) is 5.11 Å². The summed E-state index contributed by atoms with van der Waals surface area (Å²) in [7, 11) is 1.63. The molecule has 1 aliphatic heterocycles. The quantitative estimate of drug-likeness (QED) is 0.627. The van der Waals surface area contributed by atoms with Gasteiger partial charge in [0.15, 0.2) is 0 Å². The number of carboxylic acid groups (broad SMARTS) is 1. The topological polar surface area (TPSA) is 102 Å². The Morgan fingerprint density at radius 2 is 2.17 bits per heavy atom. The highest BCUT2D eigenvalue weighted by molar-refractivity contribution is 5.70. The molecule has 0 radical (unpaired) electrons. The minimum atomic E-state index is -0.801. The number of aliphatic carboxylic acids is 1. The van der Waals surface area contributed by atoms with Gasteiger partial charge in [-0.2, -0.15) is 0 Å². The molecule has 0 bridgehead atoms. The third-order valence-electron chi connectivity index (χ3n) is 3.13. The van der Waals surface area contributed by atoms with Gasteiger partial charge in [-0.05, 0) is 12.8 Å². The van der Waals surface area contributed by atoms with Crippen molar-refractivity contribution in [1.82, 2.24) is 9.78 Å². The number of rotatable bonds is 3. The largest absolute Gasteiger partial charge is 0.481 e. The molecule has 0 unspecified atom stereocenters. The summed E-state index contributed by atoms with van der Waals surface area (Å²) >= 11 is 0. The highest BCUT2D eigenvalue weighted by Gasteiger charge is 2.30. The van der Waals surface area contributed by atoms with Crippen LogP contribution in [0.3, 0.4) is 0 Å². The number of anilines is 1. The van der Waals surface area contributed by atoms with Crippen molar-refractivity contribution in [3.8, 4) is 0 Å². The Morgan fingerprint density at radius 1 is 1.56 bits per heavy atom. The fourth-order valence-electron chi connectivity index (χ4n) is 2.16. The molecule has 0 atom stereocenters. The van der Waals surface area contributed by atoms with Gasteiger partial charge in [0.05, 0.1) is 10.8 Å². The van der Waals surface area contributed by atoms with Crippen LogP contribution in [0.2, 0.25) is 0 Å². The van der Waals surface area contributed by atoms with Gasteiger partial charge in [0.1, 0.15) is 6.20 Å². The van der Waals surface area contributed by atoms with Crippen LogP contribution in [0.25, 0.3) is 0 Å². The van der Waals surface area contributed by atoms with E-state index in [0.29, 0.717) is 31.7 Å². The predicted octanol–water partition coefficient (Wildman–Crippen LogP) is 0.629. The molecule has 8 heteroatoms. The van der Waals surface area contributed by atoms with E-state index in [1.165, 1.54) is 10.9 Å². The predicted molar refractivity (Wildman–Crippen MR) is 62.4 cm³/mol. The van der Waals surface area contributed by atoms with Gasteiger partial charge in [0.25, 0.3) is 0 Å². The summed E-state index contributed by atoms with van der Waals surface area (Å²) in [6.45, 7) is 0.962. The number of aromatic nitrogens is 2. The van der Waals surface area contributed by atoms with Gasteiger partial charge in [0.2, 0.25) is 5.82 Å². The zero-order chi connectivity index (χ0) is 13.3. The minimum Gasteiger partial charge on any atom is -0.481 e. The Bertz CT molecular complexity index is 476. The number of piperidine rings is 1. The van der Waals surface area contributed by atoms with Crippen molar-refractivity contribution >= 4 is 17.5 Å². The molecule has 1 fully saturated rings. The fourth-order valence-corrected chi connectivity index (χ4v) is 2.16. The average Bonchev–Trinajstić information content (AvgIpc) is 2.71. The number of nitro groups is 1. The molecule has 0 saturated carbocycles. The Hall–Kier alpha value is -2.12. The molecule has 8 nitrogen and oxygen atoms in total. The van der Waals surface area contributed by atoms with Crippen LogP contribution in [0.5, 0.6) is 0 Å². The molecule has 1 aromatic rings. The van der Waals surface area contributed by atoms with Crippen LogP contribution in [0.15, 0.2) is 6.20 Å². The highest BCUT2D eigenvalue weighted by atomic mass is 16.6. The summed E-state index contributed by atoms with van der Waals surface area (Å²) in [4.78, 5) is 23.0. The number of hydrogen-bond donors (Lipinski definition) is 1. The van der Waals surface area contributed by atoms with E-state index in [1.54, 1.807) is 11.9 Å². The fraction of sp³-hybridized carbons (Fsp3) is 0.600. The van der Waals surface area contributed by atoms with E-state index in [0.717, 1.165) is 0 Å². The number of carboxylic acids is 1. The lowest BCUT2D eigenvalue weighted by Gasteiger charge is -2.29. The lowest BCUT2D eigenvalue weighted by atomic mass is 9.97.